The number of nitrogens with zero attached hydrogens (tertiary/aromatic N) is 2. The van der Waals surface area contributed by atoms with E-state index in [0.717, 1.165) is 14.1 Å². The molecule has 0 aromatic rings. The van der Waals surface area contributed by atoms with Gasteiger partial charge in [0.05, 0.1) is 0 Å². The quantitative estimate of drug-likeness (QED) is 0.575. The summed E-state index contributed by atoms with van der Waals surface area (Å²) in [6.45, 7) is 0. The maximum Gasteiger partial charge on any atom is 0.394 e. The highest BCUT2D eigenvalue weighted by molar-refractivity contribution is 5.80. The summed E-state index contributed by atoms with van der Waals surface area (Å²) >= 11 is 0. The summed E-state index contributed by atoms with van der Waals surface area (Å²) in [6.07, 6.45) is -4.07. The van der Waals surface area contributed by atoms with E-state index in [9.17, 15) is 44.3 Å². The van der Waals surface area contributed by atoms with Crippen LogP contribution in [0.25, 0.3) is 0 Å². The third kappa shape index (κ3) is 1.69. The Bertz CT molecular complexity index is 396. The van der Waals surface area contributed by atoms with E-state index in [0.29, 0.717) is 0 Å². The van der Waals surface area contributed by atoms with E-state index in [1.807, 2.05) is 0 Å². The molecule has 3 nitrogen and oxygen atoms in total. The first-order valence-corrected chi connectivity index (χ1v) is 4.80. The van der Waals surface area contributed by atoms with Gasteiger partial charge in [0, 0.05) is 14.1 Å². The van der Waals surface area contributed by atoms with E-state index in [1.165, 1.54) is 0 Å². The lowest BCUT2D eigenvalue weighted by Crippen LogP contribution is -2.58. The zero-order valence-electron chi connectivity index (χ0n) is 9.78. The Kier molecular flexibility index (Phi) is 3.50. The zero-order valence-corrected chi connectivity index (χ0v) is 9.78. The number of hydrogen-bond acceptors (Lipinski definition) is 2. The van der Waals surface area contributed by atoms with Crippen molar-refractivity contribution in [2.24, 2.45) is 0 Å². The van der Waals surface area contributed by atoms with E-state index in [2.05, 4.69) is 0 Å². The van der Waals surface area contributed by atoms with Gasteiger partial charge >= 0.3 is 23.9 Å². The predicted octanol–water partition coefficient (Wildman–Crippen LogP) is 2.14. The van der Waals surface area contributed by atoms with Gasteiger partial charge in [0.15, 0.2) is 0 Å². The van der Waals surface area contributed by atoms with Crippen LogP contribution in [0.1, 0.15) is 0 Å². The maximum atomic E-state index is 13.3. The molecule has 0 saturated carbocycles. The number of halogens is 9. The van der Waals surface area contributed by atoms with Crippen molar-refractivity contribution in [2.45, 2.75) is 30.2 Å². The highest BCUT2D eigenvalue weighted by atomic mass is 19.4. The van der Waals surface area contributed by atoms with Crippen molar-refractivity contribution in [2.75, 3.05) is 14.1 Å². The minimum absolute atomic E-state index is 0.172. The van der Waals surface area contributed by atoms with Crippen LogP contribution in [-0.4, -0.2) is 60.0 Å². The molecule has 1 atom stereocenters. The van der Waals surface area contributed by atoms with Gasteiger partial charge in [-0.05, 0) is 0 Å². The molecule has 0 radical (unpaired) electrons. The molecule has 0 aromatic heterocycles. The topological polar surface area (TPSA) is 23.6 Å². The molecule has 1 saturated heterocycles. The molecule has 0 aliphatic carbocycles. The lowest BCUT2D eigenvalue weighted by atomic mass is 10.2. The number of rotatable bonds is 2. The molecule has 1 rings (SSSR count). The molecule has 1 heterocycles. The van der Waals surface area contributed by atoms with Crippen LogP contribution in [-0.2, 0) is 4.79 Å². The highest BCUT2D eigenvalue weighted by Gasteiger charge is 2.94. The van der Waals surface area contributed by atoms with Gasteiger partial charge in [-0.25, -0.2) is 4.39 Å². The van der Waals surface area contributed by atoms with E-state index in [1.54, 1.807) is 0 Å². The van der Waals surface area contributed by atoms with Gasteiger partial charge in [0.2, 0.25) is 6.30 Å². The van der Waals surface area contributed by atoms with E-state index in [4.69, 9.17) is 0 Å². The largest absolute Gasteiger partial charge is 0.394 e. The first-order valence-electron chi connectivity index (χ1n) is 4.80. The minimum atomic E-state index is -6.56. The molecule has 12 heteroatoms. The summed E-state index contributed by atoms with van der Waals surface area (Å²) in [5.41, 5.74) is 0. The standard InChI is InChI=1S/C8H7F9N2O/c1-18(2)4(20)3(9)19-7(14,15)5(10,11)6(12,13)8(19,16)17/h3H,1-2H3. The molecule has 1 aliphatic heterocycles. The Hall–Kier alpha value is -1.20. The summed E-state index contributed by atoms with van der Waals surface area (Å²) < 4.78 is 117. The molecular formula is C8H7F9N2O. The van der Waals surface area contributed by atoms with Gasteiger partial charge < -0.3 is 4.90 Å². The molecule has 1 fully saturated rings. The van der Waals surface area contributed by atoms with Crippen LogP contribution in [0.3, 0.4) is 0 Å². The first-order chi connectivity index (χ1) is 8.64. The monoisotopic (exact) mass is 318 g/mol. The summed E-state index contributed by atoms with van der Waals surface area (Å²) in [5.74, 6) is -15.2. The van der Waals surface area contributed by atoms with Crippen LogP contribution in [0, 0.1) is 0 Å². The second kappa shape index (κ2) is 4.15. The normalized spacial score (nSPS) is 28.1. The molecule has 0 spiro atoms. The van der Waals surface area contributed by atoms with E-state index >= 15 is 0 Å². The van der Waals surface area contributed by atoms with Crippen LogP contribution >= 0.6 is 0 Å². The number of carbonyl (C=O) groups is 1. The molecule has 0 N–H and O–H groups in total. The van der Waals surface area contributed by atoms with Gasteiger partial charge in [-0.2, -0.15) is 35.1 Å². The first kappa shape index (κ1) is 16.9. The van der Waals surface area contributed by atoms with Crippen molar-refractivity contribution in [1.29, 1.82) is 0 Å². The molecule has 1 unspecified atom stereocenters. The van der Waals surface area contributed by atoms with Gasteiger partial charge in [-0.15, -0.1) is 4.90 Å². The third-order valence-electron chi connectivity index (χ3n) is 2.63. The lowest BCUT2D eigenvalue weighted by Gasteiger charge is -2.31. The molecule has 118 valence electrons. The average Bonchev–Trinajstić information content (AvgIpc) is 2.31. The number of likely N-dealkylation sites (N-methyl/N-ethyl adjacent to an activating group) is 1. The smallest absolute Gasteiger partial charge is 0.345 e. The van der Waals surface area contributed by atoms with Crippen LogP contribution in [0.5, 0.6) is 0 Å². The fourth-order valence-electron chi connectivity index (χ4n) is 1.46. The number of amides is 1. The van der Waals surface area contributed by atoms with Crippen molar-refractivity contribution in [3.63, 3.8) is 0 Å². The van der Waals surface area contributed by atoms with E-state index < -0.39 is 41.0 Å². The Balaban J connectivity index is 3.43. The molecule has 1 aliphatic rings. The van der Waals surface area contributed by atoms with Crippen LogP contribution in [0.15, 0.2) is 0 Å². The third-order valence-corrected chi connectivity index (χ3v) is 2.63. The zero-order chi connectivity index (χ0) is 16.3. The number of alkyl halides is 9. The summed E-state index contributed by atoms with van der Waals surface area (Å²) in [4.78, 5) is 8.75. The maximum absolute atomic E-state index is 13.3. The molecule has 1 amide bonds. The number of likely N-dealkylation sites (tertiary alicyclic amines) is 1. The predicted molar refractivity (Wildman–Crippen MR) is 45.2 cm³/mol. The summed E-state index contributed by atoms with van der Waals surface area (Å²) in [6, 6.07) is -12.5. The molecule has 20 heavy (non-hydrogen) atoms. The molecule has 0 bridgehead atoms. The highest BCUT2D eigenvalue weighted by Crippen LogP contribution is 2.63. The fraction of sp³-hybridized carbons (Fsp3) is 0.875. The van der Waals surface area contributed by atoms with Crippen molar-refractivity contribution in [3.8, 4) is 0 Å². The second-order valence-electron chi connectivity index (χ2n) is 4.17. The van der Waals surface area contributed by atoms with Crippen LogP contribution < -0.4 is 0 Å². The van der Waals surface area contributed by atoms with E-state index in [-0.39, 0.29) is 4.90 Å². The molecular weight excluding hydrogens is 311 g/mol. The number of carbonyl (C=O) groups excluding carboxylic acids is 1. The Morgan fingerprint density at radius 2 is 1.20 bits per heavy atom. The average molecular weight is 318 g/mol. The Morgan fingerprint density at radius 3 is 1.45 bits per heavy atom. The van der Waals surface area contributed by atoms with Gasteiger partial charge in [0.25, 0.3) is 5.91 Å². The fourth-order valence-corrected chi connectivity index (χ4v) is 1.46. The number of hydrogen-bond donors (Lipinski definition) is 0. The van der Waals surface area contributed by atoms with Gasteiger partial charge in [-0.1, -0.05) is 0 Å². The van der Waals surface area contributed by atoms with Crippen molar-refractivity contribution in [3.05, 3.63) is 0 Å². The minimum Gasteiger partial charge on any atom is -0.345 e. The SMILES string of the molecule is CN(C)C(=O)C(F)N1C(F)(F)C(F)(F)C(F)(F)C1(F)F. The summed E-state index contributed by atoms with van der Waals surface area (Å²) in [7, 11) is 1.47. The Morgan fingerprint density at radius 1 is 0.900 bits per heavy atom. The van der Waals surface area contributed by atoms with Crippen molar-refractivity contribution >= 4 is 5.91 Å². The van der Waals surface area contributed by atoms with Crippen molar-refractivity contribution < 1.29 is 44.3 Å². The lowest BCUT2D eigenvalue weighted by molar-refractivity contribution is -0.303. The van der Waals surface area contributed by atoms with Crippen LogP contribution in [0.2, 0.25) is 0 Å². The van der Waals surface area contributed by atoms with Gasteiger partial charge in [-0.3, -0.25) is 4.79 Å². The summed E-state index contributed by atoms with van der Waals surface area (Å²) in [5, 5.41) is 0. The second-order valence-corrected chi connectivity index (χ2v) is 4.17. The van der Waals surface area contributed by atoms with Crippen molar-refractivity contribution in [1.82, 2.24) is 9.80 Å². The Labute approximate surface area is 105 Å². The van der Waals surface area contributed by atoms with Crippen LogP contribution in [0.4, 0.5) is 39.5 Å². The molecule has 0 aromatic carbocycles. The van der Waals surface area contributed by atoms with Gasteiger partial charge in [0.1, 0.15) is 0 Å².